The molecule has 1 aromatic rings. The number of benzene rings is 1. The topological polar surface area (TPSA) is 171 Å². The van der Waals surface area contributed by atoms with Gasteiger partial charge >= 0.3 is 5.97 Å². The van der Waals surface area contributed by atoms with Gasteiger partial charge in [-0.3, -0.25) is 14.4 Å². The van der Waals surface area contributed by atoms with Gasteiger partial charge in [0, 0.05) is 11.5 Å². The van der Waals surface area contributed by atoms with Crippen LogP contribution in [0.1, 0.15) is 12.5 Å². The highest BCUT2D eigenvalue weighted by atomic mass is 32.1. The average Bonchev–Trinajstić information content (AvgIpc) is 2.73. The quantitative estimate of drug-likeness (QED) is 0.168. The van der Waals surface area contributed by atoms with Gasteiger partial charge in [0.25, 0.3) is 0 Å². The standard InChI is InChI=1S/C19H28N4O6S2/c1-10(24)15(18(27)22-14(9-31)19(28)29)23-17(26)13(8-30)21-16(25)12(20)7-11-5-3-2-4-6-11/h2-6,10,12-15,24,30-31H,7-9,20H2,1H3,(H,21,25)(H,22,27)(H,23,26)(H,28,29). The fourth-order valence-electron chi connectivity index (χ4n) is 2.54. The average molecular weight is 473 g/mol. The molecule has 1 rings (SSSR count). The predicted molar refractivity (Wildman–Crippen MR) is 121 cm³/mol. The lowest BCUT2D eigenvalue weighted by atomic mass is 10.1. The summed E-state index contributed by atoms with van der Waals surface area (Å²) in [6.45, 7) is 1.26. The van der Waals surface area contributed by atoms with Crippen molar-refractivity contribution in [2.45, 2.75) is 43.6 Å². The van der Waals surface area contributed by atoms with Gasteiger partial charge in [-0.05, 0) is 18.9 Å². The van der Waals surface area contributed by atoms with Gasteiger partial charge < -0.3 is 31.9 Å². The van der Waals surface area contributed by atoms with Gasteiger partial charge in [-0.2, -0.15) is 25.3 Å². The molecule has 0 saturated carbocycles. The zero-order valence-electron chi connectivity index (χ0n) is 16.9. The van der Waals surface area contributed by atoms with Crippen LogP contribution in [-0.2, 0) is 25.6 Å². The van der Waals surface area contributed by atoms with Gasteiger partial charge in [0.2, 0.25) is 17.7 Å². The maximum absolute atomic E-state index is 12.6. The lowest BCUT2D eigenvalue weighted by Gasteiger charge is -2.25. The second-order valence-electron chi connectivity index (χ2n) is 6.85. The Hall–Kier alpha value is -2.28. The Morgan fingerprint density at radius 2 is 1.48 bits per heavy atom. The number of carbonyl (C=O) groups excluding carboxylic acids is 3. The summed E-state index contributed by atoms with van der Waals surface area (Å²) in [7, 11) is 0. The van der Waals surface area contributed by atoms with Crippen molar-refractivity contribution in [2.24, 2.45) is 5.73 Å². The van der Waals surface area contributed by atoms with Crippen molar-refractivity contribution < 1.29 is 29.4 Å². The van der Waals surface area contributed by atoms with Crippen LogP contribution >= 0.6 is 25.3 Å². The van der Waals surface area contributed by atoms with Gasteiger partial charge in [0.05, 0.1) is 12.1 Å². The first-order valence-electron chi connectivity index (χ1n) is 9.43. The van der Waals surface area contributed by atoms with Crippen molar-refractivity contribution in [1.82, 2.24) is 16.0 Å². The predicted octanol–water partition coefficient (Wildman–Crippen LogP) is -1.66. The third-order valence-corrected chi connectivity index (χ3v) is 5.04. The molecule has 0 fully saturated rings. The van der Waals surface area contributed by atoms with E-state index in [1.54, 1.807) is 0 Å². The molecule has 5 unspecified atom stereocenters. The number of thiol groups is 2. The number of amides is 3. The van der Waals surface area contributed by atoms with Crippen LogP contribution in [0, 0.1) is 0 Å². The van der Waals surface area contributed by atoms with Crippen LogP contribution in [0.4, 0.5) is 0 Å². The minimum Gasteiger partial charge on any atom is -0.480 e. The number of hydrogen-bond acceptors (Lipinski definition) is 8. The highest BCUT2D eigenvalue weighted by Gasteiger charge is 2.32. The normalized spacial score (nSPS) is 15.6. The molecule has 0 aromatic heterocycles. The first-order chi connectivity index (χ1) is 14.6. The van der Waals surface area contributed by atoms with Crippen LogP contribution < -0.4 is 21.7 Å². The van der Waals surface area contributed by atoms with Crippen LogP contribution in [-0.4, -0.2) is 75.7 Å². The number of aliphatic carboxylic acids is 1. The van der Waals surface area contributed by atoms with Crippen LogP contribution in [0.5, 0.6) is 0 Å². The van der Waals surface area contributed by atoms with E-state index in [2.05, 4.69) is 41.2 Å². The Bertz CT molecular complexity index is 765. The molecule has 7 N–H and O–H groups in total. The van der Waals surface area contributed by atoms with E-state index in [4.69, 9.17) is 10.8 Å². The number of rotatable bonds is 12. The van der Waals surface area contributed by atoms with Crippen molar-refractivity contribution in [3.63, 3.8) is 0 Å². The van der Waals surface area contributed by atoms with Crippen LogP contribution in [0.25, 0.3) is 0 Å². The van der Waals surface area contributed by atoms with E-state index in [1.807, 2.05) is 30.3 Å². The molecule has 0 aliphatic heterocycles. The smallest absolute Gasteiger partial charge is 0.327 e. The number of aliphatic hydroxyl groups excluding tert-OH is 1. The molecular formula is C19H28N4O6S2. The van der Waals surface area contributed by atoms with Crippen molar-refractivity contribution in [3.05, 3.63) is 35.9 Å². The van der Waals surface area contributed by atoms with E-state index < -0.39 is 54.0 Å². The van der Waals surface area contributed by atoms with E-state index in [-0.39, 0.29) is 17.9 Å². The number of hydrogen-bond donors (Lipinski definition) is 8. The molecule has 0 heterocycles. The largest absolute Gasteiger partial charge is 0.480 e. The molecule has 3 amide bonds. The van der Waals surface area contributed by atoms with Gasteiger partial charge in [-0.25, -0.2) is 4.79 Å². The number of carboxylic acid groups (broad SMARTS) is 1. The highest BCUT2D eigenvalue weighted by molar-refractivity contribution is 7.80. The Balaban J connectivity index is 2.76. The lowest BCUT2D eigenvalue weighted by molar-refractivity contribution is -0.142. The Kier molecular flexibility index (Phi) is 11.4. The Morgan fingerprint density at radius 1 is 0.935 bits per heavy atom. The first-order valence-corrected chi connectivity index (χ1v) is 10.7. The highest BCUT2D eigenvalue weighted by Crippen LogP contribution is 2.03. The van der Waals surface area contributed by atoms with Crippen molar-refractivity contribution in [2.75, 3.05) is 11.5 Å². The lowest BCUT2D eigenvalue weighted by Crippen LogP contribution is -2.60. The summed E-state index contributed by atoms with van der Waals surface area (Å²) in [5.41, 5.74) is 6.76. The van der Waals surface area contributed by atoms with Crippen molar-refractivity contribution >= 4 is 48.9 Å². The molecule has 0 radical (unpaired) electrons. The second-order valence-corrected chi connectivity index (χ2v) is 7.58. The molecule has 0 aliphatic rings. The number of carbonyl (C=O) groups is 4. The van der Waals surface area contributed by atoms with E-state index in [1.165, 1.54) is 6.92 Å². The Morgan fingerprint density at radius 3 is 1.97 bits per heavy atom. The minimum atomic E-state index is -1.45. The van der Waals surface area contributed by atoms with Crippen LogP contribution in [0.2, 0.25) is 0 Å². The number of aliphatic hydroxyl groups is 1. The number of nitrogens with two attached hydrogens (primary N) is 1. The van der Waals surface area contributed by atoms with Gasteiger partial charge in [-0.15, -0.1) is 0 Å². The number of carboxylic acids is 1. The molecule has 0 aliphatic carbocycles. The molecule has 172 valence electrons. The van der Waals surface area contributed by atoms with Gasteiger partial charge in [0.1, 0.15) is 18.1 Å². The SMILES string of the molecule is CC(O)C(NC(=O)C(CS)NC(=O)C(N)Cc1ccccc1)C(=O)NC(CS)C(=O)O. The fourth-order valence-corrected chi connectivity index (χ4v) is 3.04. The fraction of sp³-hybridized carbons (Fsp3) is 0.474. The second kappa shape index (κ2) is 13.2. The zero-order valence-corrected chi connectivity index (χ0v) is 18.7. The molecular weight excluding hydrogens is 444 g/mol. The molecule has 1 aromatic carbocycles. The maximum atomic E-state index is 12.6. The molecule has 0 spiro atoms. The molecule has 0 saturated heterocycles. The molecule has 10 nitrogen and oxygen atoms in total. The van der Waals surface area contributed by atoms with Crippen molar-refractivity contribution in [3.8, 4) is 0 Å². The maximum Gasteiger partial charge on any atom is 0.327 e. The Labute approximate surface area is 191 Å². The van der Waals surface area contributed by atoms with E-state index in [9.17, 15) is 24.3 Å². The summed E-state index contributed by atoms with van der Waals surface area (Å²) in [5, 5.41) is 25.9. The van der Waals surface area contributed by atoms with Crippen LogP contribution in [0.15, 0.2) is 30.3 Å². The summed E-state index contributed by atoms with van der Waals surface area (Å²) in [5.74, 6) is -3.87. The first kappa shape index (κ1) is 26.8. The van der Waals surface area contributed by atoms with Crippen molar-refractivity contribution in [1.29, 1.82) is 0 Å². The van der Waals surface area contributed by atoms with E-state index in [0.717, 1.165) is 5.56 Å². The summed E-state index contributed by atoms with van der Waals surface area (Å²) >= 11 is 7.90. The van der Waals surface area contributed by atoms with Gasteiger partial charge in [0.15, 0.2) is 0 Å². The minimum absolute atomic E-state index is 0.0990. The summed E-state index contributed by atoms with van der Waals surface area (Å²) in [6, 6.07) is 4.29. The number of nitrogens with one attached hydrogen (secondary N) is 3. The molecule has 0 bridgehead atoms. The zero-order chi connectivity index (χ0) is 23.6. The molecule has 12 heteroatoms. The molecule has 5 atom stereocenters. The summed E-state index contributed by atoms with van der Waals surface area (Å²) in [4.78, 5) is 48.3. The summed E-state index contributed by atoms with van der Waals surface area (Å²) < 4.78 is 0. The third-order valence-electron chi connectivity index (χ3n) is 4.31. The summed E-state index contributed by atoms with van der Waals surface area (Å²) in [6.07, 6.45) is -1.08. The monoisotopic (exact) mass is 472 g/mol. The molecule has 31 heavy (non-hydrogen) atoms. The third kappa shape index (κ3) is 8.77. The van der Waals surface area contributed by atoms with Crippen LogP contribution in [0.3, 0.4) is 0 Å². The van der Waals surface area contributed by atoms with E-state index >= 15 is 0 Å². The van der Waals surface area contributed by atoms with E-state index in [0.29, 0.717) is 0 Å². The van der Waals surface area contributed by atoms with Gasteiger partial charge in [-0.1, -0.05) is 30.3 Å².